The Labute approximate surface area is 473 Å². The molecule has 4 aromatic carbocycles. The number of ether oxygens (including phenoxy) is 1. The van der Waals surface area contributed by atoms with Crippen LogP contribution in [0.1, 0.15) is 81.8 Å². The Balaban J connectivity index is 1.18. The second-order valence-corrected chi connectivity index (χ2v) is 21.3. The Morgan fingerprint density at radius 1 is 0.634 bits per heavy atom. The molecule has 24 heteroatoms. The summed E-state index contributed by atoms with van der Waals surface area (Å²) in [4.78, 5) is 102. The van der Waals surface area contributed by atoms with Crippen molar-refractivity contribution >= 4 is 41.4 Å². The molecule has 0 radical (unpaired) electrons. The van der Waals surface area contributed by atoms with E-state index in [1.54, 1.807) is 12.1 Å². The molecule has 3 saturated heterocycles. The van der Waals surface area contributed by atoms with E-state index in [4.69, 9.17) is 4.74 Å². The number of nitrogens with zero attached hydrogens (tertiary/aromatic N) is 2. The van der Waals surface area contributed by atoms with Crippen molar-refractivity contribution in [2.45, 2.75) is 145 Å². The Hall–Kier alpha value is -7.55. The zero-order valence-electron chi connectivity index (χ0n) is 45.7. The number of fused-ring (bicyclic) bond motifs is 2. The molecule has 4 aromatic rings. The monoisotopic (exact) mass is 1140 g/mol. The van der Waals surface area contributed by atoms with Crippen molar-refractivity contribution in [1.82, 2.24) is 36.4 Å². The molecule has 7 rings (SSSR count). The molecule has 3 fully saturated rings. The lowest BCUT2D eigenvalue weighted by Gasteiger charge is -2.34. The first kappa shape index (κ1) is 62.1. The van der Waals surface area contributed by atoms with Gasteiger partial charge in [-0.15, -0.1) is 0 Å². The summed E-state index contributed by atoms with van der Waals surface area (Å²) in [5.41, 5.74) is 3.37. The third-order valence-electron chi connectivity index (χ3n) is 15.0. The molecule has 0 spiro atoms. The number of hydrogen-bond acceptors (Lipinski definition) is 17. The quantitative estimate of drug-likeness (QED) is 0.0679. The minimum atomic E-state index is -2.29. The van der Waals surface area contributed by atoms with Crippen LogP contribution in [0.15, 0.2) is 97.1 Å². The molecule has 7 amide bonds. The average molecular weight is 1140 g/mol. The molecule has 14 N–H and O–H groups in total. The fourth-order valence-electron chi connectivity index (χ4n) is 10.2. The highest BCUT2D eigenvalue weighted by Gasteiger charge is 2.50. The molecule has 82 heavy (non-hydrogen) atoms. The fourth-order valence-corrected chi connectivity index (χ4v) is 10.2. The lowest BCUT2D eigenvalue weighted by molar-refractivity contribution is -0.148. The summed E-state index contributed by atoms with van der Waals surface area (Å²) >= 11 is 0. The molecule has 3 aliphatic rings. The zero-order valence-corrected chi connectivity index (χ0v) is 45.7. The second-order valence-electron chi connectivity index (χ2n) is 21.3. The van der Waals surface area contributed by atoms with Crippen LogP contribution >= 0.6 is 0 Å². The van der Waals surface area contributed by atoms with Crippen LogP contribution in [-0.2, 0) is 28.8 Å². The maximum Gasteiger partial charge on any atom is 0.251 e. The number of carbonyl (C=O) groups excluding carboxylic acids is 7. The first-order valence-corrected chi connectivity index (χ1v) is 27.3. The number of hydrogen-bond donors (Lipinski definition) is 14. The zero-order chi connectivity index (χ0) is 59.7. The number of carbonyl (C=O) groups is 7. The maximum atomic E-state index is 14.5. The van der Waals surface area contributed by atoms with E-state index in [0.29, 0.717) is 12.2 Å². The normalized spacial score (nSPS) is 27.5. The molecule has 0 aromatic heterocycles. The topological polar surface area (TPSA) is 377 Å². The van der Waals surface area contributed by atoms with E-state index in [9.17, 15) is 79.5 Å². The molecule has 0 unspecified atom stereocenters. The Morgan fingerprint density at radius 2 is 1.16 bits per heavy atom. The van der Waals surface area contributed by atoms with E-state index >= 15 is 0 Å². The number of unbranched alkanes of at least 4 members (excludes halogenated alkanes) is 2. The largest absolute Gasteiger partial charge is 0.508 e. The number of amides is 7. The van der Waals surface area contributed by atoms with Crippen LogP contribution in [0.4, 0.5) is 0 Å². The van der Waals surface area contributed by atoms with Gasteiger partial charge in [0.05, 0.1) is 31.0 Å². The van der Waals surface area contributed by atoms with Crippen LogP contribution in [0.5, 0.6) is 11.5 Å². The van der Waals surface area contributed by atoms with Crippen LogP contribution in [0.3, 0.4) is 0 Å². The summed E-state index contributed by atoms with van der Waals surface area (Å²) < 4.78 is 5.84. The highest BCUT2D eigenvalue weighted by atomic mass is 16.5. The van der Waals surface area contributed by atoms with E-state index in [0.717, 1.165) is 77.5 Å². The molecular formula is C58H73N7O17. The number of aromatic hydroxyl groups is 1. The van der Waals surface area contributed by atoms with Crippen LogP contribution in [0, 0.1) is 5.92 Å². The van der Waals surface area contributed by atoms with Crippen molar-refractivity contribution in [2.24, 2.45) is 5.92 Å². The molecule has 3 aliphatic heterocycles. The summed E-state index contributed by atoms with van der Waals surface area (Å²) in [6.07, 6.45) is -13.6. The molecule has 24 nitrogen and oxygen atoms in total. The van der Waals surface area contributed by atoms with E-state index in [1.165, 1.54) is 31.2 Å². The molecule has 442 valence electrons. The van der Waals surface area contributed by atoms with E-state index in [-0.39, 0.29) is 23.4 Å². The number of aliphatic hydroxyl groups excluding tert-OH is 8. The lowest BCUT2D eigenvalue weighted by Crippen LogP contribution is -2.64. The van der Waals surface area contributed by atoms with Gasteiger partial charge in [0.2, 0.25) is 35.4 Å². The fraction of sp³-hybridized carbons (Fsp3) is 0.466. The Kier molecular flexibility index (Phi) is 20.8. The van der Waals surface area contributed by atoms with Gasteiger partial charge in [0.1, 0.15) is 66.1 Å². The molecule has 0 aliphatic carbocycles. The second kappa shape index (κ2) is 27.5. The van der Waals surface area contributed by atoms with Crippen LogP contribution < -0.4 is 31.3 Å². The smallest absolute Gasteiger partial charge is 0.251 e. The number of benzene rings is 4. The molecule has 0 saturated carbocycles. The molecule has 15 atom stereocenters. The van der Waals surface area contributed by atoms with E-state index < -0.39 is 152 Å². The van der Waals surface area contributed by atoms with E-state index in [2.05, 4.69) is 33.5 Å². The van der Waals surface area contributed by atoms with Gasteiger partial charge in [-0.2, -0.15) is 0 Å². The van der Waals surface area contributed by atoms with Crippen molar-refractivity contribution in [3.05, 3.63) is 108 Å². The minimum Gasteiger partial charge on any atom is -0.508 e. The van der Waals surface area contributed by atoms with Gasteiger partial charge < -0.3 is 87.1 Å². The lowest BCUT2D eigenvalue weighted by atomic mass is 9.96. The molecule has 0 bridgehead atoms. The van der Waals surface area contributed by atoms with Crippen molar-refractivity contribution in [1.29, 1.82) is 0 Å². The summed E-state index contributed by atoms with van der Waals surface area (Å²) in [7, 11) is 0. The summed E-state index contributed by atoms with van der Waals surface area (Å²) in [5.74, 6) is -8.67. The standard InChI is InChI=1S/C58H73N7O17/c1-5-6-7-24-82-40-22-18-35(19-23-40)33-10-8-32(9-11-33)34-12-14-37(15-13-34)51(74)59-41-26-43(70)54(77)63-56(79)47-48(71)29(2)27-65(47)58(81)45(31(4)67)61-55(78)46(50(73)49(72)36-16-20-38(68)21-17-36)62-53(76)42-25-39(69)28-64(42)57(80)44(30(3)66)60-52(41)75/h8-23,29-31,39,41-50,54,66-73,77H,5-7,24-28H2,1-4H3,(H,59,74)(H,60,75)(H,61,78)(H,62,76)(H,63,79)/t29-,30-,31-,39+,41+,42-,43+,44-,45-,46-,47-,48-,49-,50+,54+/m0/s1. The van der Waals surface area contributed by atoms with Crippen molar-refractivity contribution < 1.29 is 84.3 Å². The summed E-state index contributed by atoms with van der Waals surface area (Å²) in [5, 5.41) is 111. The van der Waals surface area contributed by atoms with Gasteiger partial charge >= 0.3 is 0 Å². The average Bonchev–Trinajstić information content (AvgIpc) is 4.06. The molecular weight excluding hydrogens is 1070 g/mol. The van der Waals surface area contributed by atoms with Gasteiger partial charge in [-0.3, -0.25) is 33.6 Å². The van der Waals surface area contributed by atoms with Crippen molar-refractivity contribution in [3.8, 4) is 33.8 Å². The number of aliphatic hydroxyl groups is 8. The van der Waals surface area contributed by atoms with Gasteiger partial charge in [0, 0.05) is 37.4 Å². The number of rotatable bonds is 14. The third kappa shape index (κ3) is 14.7. The van der Waals surface area contributed by atoms with Gasteiger partial charge in [0.15, 0.2) is 6.23 Å². The van der Waals surface area contributed by atoms with Gasteiger partial charge in [-0.1, -0.05) is 87.4 Å². The van der Waals surface area contributed by atoms with Gasteiger partial charge in [-0.05, 0) is 84.5 Å². The van der Waals surface area contributed by atoms with Crippen molar-refractivity contribution in [3.63, 3.8) is 0 Å². The van der Waals surface area contributed by atoms with Crippen LogP contribution in [0.25, 0.3) is 22.3 Å². The summed E-state index contributed by atoms with van der Waals surface area (Å²) in [6, 6.07) is 14.7. The highest BCUT2D eigenvalue weighted by molar-refractivity contribution is 6.00. The van der Waals surface area contributed by atoms with Gasteiger partial charge in [0.25, 0.3) is 5.91 Å². The maximum absolute atomic E-state index is 14.5. The predicted octanol–water partition coefficient (Wildman–Crippen LogP) is -0.927. The van der Waals surface area contributed by atoms with Gasteiger partial charge in [-0.25, -0.2) is 0 Å². The third-order valence-corrected chi connectivity index (χ3v) is 15.0. The Morgan fingerprint density at radius 3 is 1.72 bits per heavy atom. The number of phenolic OH excluding ortho intramolecular Hbond substituents is 1. The minimum absolute atomic E-state index is 0.00973. The van der Waals surface area contributed by atoms with Crippen LogP contribution in [0.2, 0.25) is 0 Å². The number of phenols is 1. The van der Waals surface area contributed by atoms with E-state index in [1.807, 2.05) is 48.5 Å². The summed E-state index contributed by atoms with van der Waals surface area (Å²) in [6.45, 7) is 5.47. The van der Waals surface area contributed by atoms with Crippen LogP contribution in [-0.4, -0.2) is 196 Å². The first-order valence-electron chi connectivity index (χ1n) is 27.3. The first-order chi connectivity index (χ1) is 39.0. The predicted molar refractivity (Wildman–Crippen MR) is 293 cm³/mol. The SMILES string of the molecule is CCCCCOc1ccc(-c2ccc(-c3ccc(C(=O)N[C@@H]4C[C@@H](O)[C@@H](O)NC(=O)[C@@H]5[C@@H](O)[C@@H](C)CN5C(=O)[C@H]([C@H](C)O)NC(=O)[C@H]([C@@H](O)[C@@H](O)c5ccc(O)cc5)NC(=O)[C@@H]5C[C@@H](O)CN5C(=O)[C@H]([C@H](C)O)NC4=O)cc3)cc2)cc1. The molecule has 3 heterocycles. The highest BCUT2D eigenvalue weighted by Crippen LogP contribution is 2.30. The Bertz CT molecular complexity index is 2880. The van der Waals surface area contributed by atoms with Crippen molar-refractivity contribution in [2.75, 3.05) is 19.7 Å². The number of nitrogens with one attached hydrogen (secondary N) is 5.